The average molecular weight is 180 g/mol. The van der Waals surface area contributed by atoms with Gasteiger partial charge >= 0.3 is 0 Å². The van der Waals surface area contributed by atoms with Crippen molar-refractivity contribution in [3.8, 4) is 0 Å². The first-order valence-electron chi connectivity index (χ1n) is 4.69. The Morgan fingerprint density at radius 2 is 2.08 bits per heavy atom. The van der Waals surface area contributed by atoms with E-state index < -0.39 is 0 Å². The second kappa shape index (κ2) is 3.46. The molecular weight excluding hydrogens is 167 g/mol. The first-order chi connectivity index (χ1) is 6.27. The molecule has 0 amide bonds. The van der Waals surface area contributed by atoms with Gasteiger partial charge in [0, 0.05) is 6.42 Å². The molecule has 0 aliphatic heterocycles. The number of halogens is 1. The van der Waals surface area contributed by atoms with E-state index in [0.29, 0.717) is 17.9 Å². The van der Waals surface area contributed by atoms with Crippen molar-refractivity contribution in [3.63, 3.8) is 0 Å². The van der Waals surface area contributed by atoms with Crippen LogP contribution in [0.15, 0.2) is 24.3 Å². The van der Waals surface area contributed by atoms with Gasteiger partial charge in [-0.25, -0.2) is 4.39 Å². The molecule has 13 heavy (non-hydrogen) atoms. The molecule has 1 aromatic carbocycles. The molecule has 1 aliphatic carbocycles. The van der Waals surface area contributed by atoms with E-state index in [0.717, 1.165) is 12.8 Å². The van der Waals surface area contributed by atoms with Crippen LogP contribution in [0.4, 0.5) is 4.39 Å². The van der Waals surface area contributed by atoms with E-state index in [4.69, 9.17) is 0 Å². The standard InChI is InChI=1S/C11H13FO/c12-10-4-2-1-3-9(10)7-11(13)8-5-6-8/h1-4,8,11,13H,5-7H2. The Morgan fingerprint density at radius 3 is 2.69 bits per heavy atom. The van der Waals surface area contributed by atoms with Crippen LogP contribution in [0.1, 0.15) is 18.4 Å². The lowest BCUT2D eigenvalue weighted by Gasteiger charge is -2.09. The van der Waals surface area contributed by atoms with Gasteiger partial charge in [0.2, 0.25) is 0 Å². The molecule has 0 heterocycles. The topological polar surface area (TPSA) is 20.2 Å². The summed E-state index contributed by atoms with van der Waals surface area (Å²) in [6.45, 7) is 0. The summed E-state index contributed by atoms with van der Waals surface area (Å²) in [6.07, 6.45) is 2.29. The Hall–Kier alpha value is -0.890. The normalized spacial score (nSPS) is 18.6. The fourth-order valence-corrected chi connectivity index (χ4v) is 1.54. The van der Waals surface area contributed by atoms with E-state index in [1.54, 1.807) is 18.2 Å². The van der Waals surface area contributed by atoms with Crippen molar-refractivity contribution in [1.29, 1.82) is 0 Å². The van der Waals surface area contributed by atoms with Gasteiger partial charge in [0.15, 0.2) is 0 Å². The lowest BCUT2D eigenvalue weighted by Crippen LogP contribution is -2.13. The van der Waals surface area contributed by atoms with Gasteiger partial charge in [-0.15, -0.1) is 0 Å². The molecule has 1 aromatic rings. The summed E-state index contributed by atoms with van der Waals surface area (Å²) in [7, 11) is 0. The predicted molar refractivity (Wildman–Crippen MR) is 48.8 cm³/mol. The van der Waals surface area contributed by atoms with Gasteiger partial charge < -0.3 is 5.11 Å². The Kier molecular flexibility index (Phi) is 2.32. The van der Waals surface area contributed by atoms with Crippen molar-refractivity contribution in [2.45, 2.75) is 25.4 Å². The van der Waals surface area contributed by atoms with Crippen molar-refractivity contribution < 1.29 is 9.50 Å². The first kappa shape index (κ1) is 8.70. The van der Waals surface area contributed by atoms with E-state index in [1.165, 1.54) is 6.07 Å². The van der Waals surface area contributed by atoms with E-state index >= 15 is 0 Å². The molecule has 1 unspecified atom stereocenters. The Labute approximate surface area is 77.2 Å². The highest BCUT2D eigenvalue weighted by Crippen LogP contribution is 2.34. The quantitative estimate of drug-likeness (QED) is 0.755. The molecule has 1 aliphatic rings. The third-order valence-corrected chi connectivity index (χ3v) is 2.55. The minimum absolute atomic E-state index is 0.206. The van der Waals surface area contributed by atoms with Crippen molar-refractivity contribution in [2.24, 2.45) is 5.92 Å². The van der Waals surface area contributed by atoms with Crippen molar-refractivity contribution in [2.75, 3.05) is 0 Å². The van der Waals surface area contributed by atoms with Crippen LogP contribution in [0.5, 0.6) is 0 Å². The minimum Gasteiger partial charge on any atom is -0.392 e. The summed E-state index contributed by atoms with van der Waals surface area (Å²) in [5, 5.41) is 9.60. The molecule has 1 atom stereocenters. The number of aliphatic hydroxyl groups excluding tert-OH is 1. The second-order valence-electron chi connectivity index (χ2n) is 3.70. The van der Waals surface area contributed by atoms with Crippen LogP contribution < -0.4 is 0 Å². The zero-order valence-corrected chi connectivity index (χ0v) is 7.41. The molecular formula is C11H13FO. The molecule has 1 N–H and O–H groups in total. The van der Waals surface area contributed by atoms with Gasteiger partial charge in [0.1, 0.15) is 5.82 Å². The van der Waals surface area contributed by atoms with E-state index in [-0.39, 0.29) is 11.9 Å². The first-order valence-corrected chi connectivity index (χ1v) is 4.69. The van der Waals surface area contributed by atoms with Crippen LogP contribution in [-0.2, 0) is 6.42 Å². The Balaban J connectivity index is 2.03. The van der Waals surface area contributed by atoms with Crippen LogP contribution in [0.3, 0.4) is 0 Å². The maximum absolute atomic E-state index is 13.1. The largest absolute Gasteiger partial charge is 0.392 e. The third-order valence-electron chi connectivity index (χ3n) is 2.55. The molecule has 0 bridgehead atoms. The Bertz CT molecular complexity index is 294. The zero-order chi connectivity index (χ0) is 9.26. The van der Waals surface area contributed by atoms with Gasteiger partial charge in [-0.2, -0.15) is 0 Å². The number of hydrogen-bond donors (Lipinski definition) is 1. The van der Waals surface area contributed by atoms with Crippen LogP contribution in [0.2, 0.25) is 0 Å². The molecule has 70 valence electrons. The highest BCUT2D eigenvalue weighted by Gasteiger charge is 2.29. The number of hydrogen-bond acceptors (Lipinski definition) is 1. The van der Waals surface area contributed by atoms with Crippen LogP contribution in [0.25, 0.3) is 0 Å². The van der Waals surface area contributed by atoms with Crippen LogP contribution in [0, 0.1) is 11.7 Å². The molecule has 2 heteroatoms. The average Bonchev–Trinajstić information content (AvgIpc) is 2.91. The molecule has 1 nitrogen and oxygen atoms in total. The lowest BCUT2D eigenvalue weighted by atomic mass is 10.0. The SMILES string of the molecule is OC(Cc1ccccc1F)C1CC1. The molecule has 2 rings (SSSR count). The fraction of sp³-hybridized carbons (Fsp3) is 0.455. The van der Waals surface area contributed by atoms with Gasteiger partial charge in [-0.3, -0.25) is 0 Å². The predicted octanol–water partition coefficient (Wildman–Crippen LogP) is 2.14. The minimum atomic E-state index is -0.350. The highest BCUT2D eigenvalue weighted by molar-refractivity contribution is 5.18. The summed E-state index contributed by atoms with van der Waals surface area (Å²) in [4.78, 5) is 0. The highest BCUT2D eigenvalue weighted by atomic mass is 19.1. The lowest BCUT2D eigenvalue weighted by molar-refractivity contribution is 0.150. The summed E-state index contributed by atoms with van der Waals surface area (Å²) in [6, 6.07) is 6.65. The smallest absolute Gasteiger partial charge is 0.126 e. The summed E-state index contributed by atoms with van der Waals surface area (Å²) in [5.74, 6) is 0.210. The molecule has 1 saturated carbocycles. The number of aliphatic hydroxyl groups is 1. The van der Waals surface area contributed by atoms with Gasteiger partial charge in [0.05, 0.1) is 6.10 Å². The van der Waals surface area contributed by atoms with Crippen LogP contribution >= 0.6 is 0 Å². The molecule has 0 saturated heterocycles. The summed E-state index contributed by atoms with van der Waals surface area (Å²) >= 11 is 0. The summed E-state index contributed by atoms with van der Waals surface area (Å²) in [5.41, 5.74) is 0.627. The van der Waals surface area contributed by atoms with Crippen molar-refractivity contribution >= 4 is 0 Å². The maximum atomic E-state index is 13.1. The van der Waals surface area contributed by atoms with Crippen molar-refractivity contribution in [3.05, 3.63) is 35.6 Å². The molecule has 0 radical (unpaired) electrons. The maximum Gasteiger partial charge on any atom is 0.126 e. The van der Waals surface area contributed by atoms with E-state index in [1.807, 2.05) is 0 Å². The zero-order valence-electron chi connectivity index (χ0n) is 7.41. The van der Waals surface area contributed by atoms with Crippen LogP contribution in [-0.4, -0.2) is 11.2 Å². The number of benzene rings is 1. The second-order valence-corrected chi connectivity index (χ2v) is 3.70. The monoisotopic (exact) mass is 180 g/mol. The number of rotatable bonds is 3. The fourth-order valence-electron chi connectivity index (χ4n) is 1.54. The Morgan fingerprint density at radius 1 is 1.38 bits per heavy atom. The van der Waals surface area contributed by atoms with Gasteiger partial charge in [-0.1, -0.05) is 18.2 Å². The molecule has 1 fully saturated rings. The van der Waals surface area contributed by atoms with E-state index in [9.17, 15) is 9.50 Å². The summed E-state index contributed by atoms with van der Waals surface area (Å²) < 4.78 is 13.1. The van der Waals surface area contributed by atoms with Gasteiger partial charge in [0.25, 0.3) is 0 Å². The van der Waals surface area contributed by atoms with E-state index in [2.05, 4.69) is 0 Å². The molecule has 0 aromatic heterocycles. The molecule has 0 spiro atoms. The third kappa shape index (κ3) is 2.07. The van der Waals surface area contributed by atoms with Crippen molar-refractivity contribution in [1.82, 2.24) is 0 Å². The van der Waals surface area contributed by atoms with Gasteiger partial charge in [-0.05, 0) is 30.4 Å².